The standard InChI is InChI=1S/C22H28N4O3/c1-2-28-14-29-20-10-15(13-27)5-8-18(20)21-19(16-6-7-16)12-24-26-22(21)25-17-4-3-9-23-11-17/h5,8,10,12-13,16-17,23H,2-4,6-7,9,11,14H2,1H3,(H,25,26)/t17-/m1/s1. The minimum atomic E-state index is 0.137. The van der Waals surface area contributed by atoms with Crippen LogP contribution in [0.25, 0.3) is 11.1 Å². The van der Waals surface area contributed by atoms with Crippen LogP contribution in [-0.2, 0) is 4.74 Å². The summed E-state index contributed by atoms with van der Waals surface area (Å²) in [4.78, 5) is 11.3. The predicted molar refractivity (Wildman–Crippen MR) is 111 cm³/mol. The highest BCUT2D eigenvalue weighted by Crippen LogP contribution is 2.48. The summed E-state index contributed by atoms with van der Waals surface area (Å²) in [6, 6.07) is 5.84. The fraction of sp³-hybridized carbons (Fsp3) is 0.500. The molecule has 1 aliphatic heterocycles. The number of anilines is 1. The Morgan fingerprint density at radius 1 is 1.31 bits per heavy atom. The van der Waals surface area contributed by atoms with Crippen molar-refractivity contribution in [2.75, 3.05) is 31.8 Å². The number of piperidine rings is 1. The molecule has 0 spiro atoms. The minimum absolute atomic E-state index is 0.137. The van der Waals surface area contributed by atoms with Gasteiger partial charge in [0.1, 0.15) is 12.0 Å². The van der Waals surface area contributed by atoms with Crippen LogP contribution in [0.3, 0.4) is 0 Å². The number of carbonyl (C=O) groups is 1. The first-order valence-electron chi connectivity index (χ1n) is 10.4. The third kappa shape index (κ3) is 4.74. The first-order valence-corrected chi connectivity index (χ1v) is 10.4. The quantitative estimate of drug-likeness (QED) is 0.382. The number of hydrogen-bond acceptors (Lipinski definition) is 7. The molecule has 1 saturated heterocycles. The molecule has 4 rings (SSSR count). The molecule has 2 N–H and O–H groups in total. The molecule has 2 aromatic rings. The lowest BCUT2D eigenvalue weighted by Crippen LogP contribution is -2.38. The van der Waals surface area contributed by atoms with Crippen LogP contribution in [0.15, 0.2) is 24.4 Å². The highest BCUT2D eigenvalue weighted by molar-refractivity contribution is 5.86. The number of aromatic nitrogens is 2. The van der Waals surface area contributed by atoms with Crippen molar-refractivity contribution < 1.29 is 14.3 Å². The Labute approximate surface area is 171 Å². The summed E-state index contributed by atoms with van der Waals surface area (Å²) in [5.74, 6) is 1.90. The van der Waals surface area contributed by atoms with E-state index in [1.54, 1.807) is 6.07 Å². The average molecular weight is 396 g/mol. The van der Waals surface area contributed by atoms with E-state index < -0.39 is 0 Å². The van der Waals surface area contributed by atoms with Gasteiger partial charge in [0.15, 0.2) is 12.6 Å². The number of hydrogen-bond donors (Lipinski definition) is 2. The molecule has 2 heterocycles. The molecular formula is C22H28N4O3. The molecule has 1 aromatic carbocycles. The van der Waals surface area contributed by atoms with Crippen molar-refractivity contribution in [1.29, 1.82) is 0 Å². The summed E-state index contributed by atoms with van der Waals surface area (Å²) < 4.78 is 11.3. The lowest BCUT2D eigenvalue weighted by Gasteiger charge is -2.26. The molecule has 7 nitrogen and oxygen atoms in total. The Bertz CT molecular complexity index is 848. The van der Waals surface area contributed by atoms with Crippen molar-refractivity contribution in [3.8, 4) is 16.9 Å². The van der Waals surface area contributed by atoms with Gasteiger partial charge in [-0.2, -0.15) is 5.10 Å². The van der Waals surface area contributed by atoms with Gasteiger partial charge >= 0.3 is 0 Å². The summed E-state index contributed by atoms with van der Waals surface area (Å²) in [5.41, 5.74) is 3.70. The summed E-state index contributed by atoms with van der Waals surface area (Å²) in [6.45, 7) is 4.59. The SMILES string of the molecule is CCOCOc1cc(C=O)ccc1-c1c(C2CC2)cnnc1N[C@@H]1CCCNC1. The number of rotatable bonds is 9. The molecule has 7 heteroatoms. The van der Waals surface area contributed by atoms with Gasteiger partial charge in [0, 0.05) is 35.9 Å². The maximum atomic E-state index is 11.3. The van der Waals surface area contributed by atoms with E-state index in [0.29, 0.717) is 29.9 Å². The topological polar surface area (TPSA) is 85.4 Å². The normalized spacial score (nSPS) is 19.0. The second kappa shape index (κ2) is 9.33. The number of aldehydes is 1. The zero-order chi connectivity index (χ0) is 20.1. The number of ether oxygens (including phenoxy) is 2. The van der Waals surface area contributed by atoms with E-state index in [0.717, 1.165) is 62.0 Å². The molecule has 2 fully saturated rings. The lowest BCUT2D eigenvalue weighted by atomic mass is 9.96. The molecular weight excluding hydrogens is 368 g/mol. The first kappa shape index (κ1) is 19.8. The fourth-order valence-corrected chi connectivity index (χ4v) is 3.78. The van der Waals surface area contributed by atoms with Crippen LogP contribution in [0.4, 0.5) is 5.82 Å². The van der Waals surface area contributed by atoms with E-state index in [1.807, 2.05) is 25.3 Å². The van der Waals surface area contributed by atoms with E-state index in [1.165, 1.54) is 5.56 Å². The zero-order valence-corrected chi connectivity index (χ0v) is 16.8. The molecule has 0 amide bonds. The maximum Gasteiger partial charge on any atom is 0.189 e. The van der Waals surface area contributed by atoms with Crippen molar-refractivity contribution in [3.63, 3.8) is 0 Å². The molecule has 1 saturated carbocycles. The minimum Gasteiger partial charge on any atom is -0.467 e. The number of nitrogens with zero attached hydrogens (tertiary/aromatic N) is 2. The van der Waals surface area contributed by atoms with E-state index in [2.05, 4.69) is 20.8 Å². The molecule has 1 aromatic heterocycles. The van der Waals surface area contributed by atoms with E-state index >= 15 is 0 Å². The molecule has 2 aliphatic rings. The largest absolute Gasteiger partial charge is 0.467 e. The van der Waals surface area contributed by atoms with Gasteiger partial charge in [0.25, 0.3) is 0 Å². The van der Waals surface area contributed by atoms with Crippen LogP contribution in [0.1, 0.15) is 54.4 Å². The maximum absolute atomic E-state index is 11.3. The molecule has 154 valence electrons. The van der Waals surface area contributed by atoms with Crippen LogP contribution in [-0.4, -0.2) is 49.0 Å². The van der Waals surface area contributed by atoms with Gasteiger partial charge < -0.3 is 20.1 Å². The van der Waals surface area contributed by atoms with Crippen molar-refractivity contribution in [3.05, 3.63) is 35.5 Å². The molecule has 0 radical (unpaired) electrons. The van der Waals surface area contributed by atoms with Crippen molar-refractivity contribution >= 4 is 12.1 Å². The number of nitrogens with one attached hydrogen (secondary N) is 2. The molecule has 29 heavy (non-hydrogen) atoms. The second-order valence-electron chi connectivity index (χ2n) is 7.61. The second-order valence-corrected chi connectivity index (χ2v) is 7.61. The Morgan fingerprint density at radius 2 is 2.21 bits per heavy atom. The molecule has 1 atom stereocenters. The van der Waals surface area contributed by atoms with Crippen LogP contribution in [0, 0.1) is 0 Å². The van der Waals surface area contributed by atoms with Gasteiger partial charge in [0.05, 0.1) is 6.20 Å². The molecule has 0 bridgehead atoms. The van der Waals surface area contributed by atoms with Gasteiger partial charge in [-0.3, -0.25) is 4.79 Å². The van der Waals surface area contributed by atoms with Gasteiger partial charge in [-0.15, -0.1) is 5.10 Å². The lowest BCUT2D eigenvalue weighted by molar-refractivity contribution is 0.0227. The van der Waals surface area contributed by atoms with Crippen LogP contribution in [0.2, 0.25) is 0 Å². The van der Waals surface area contributed by atoms with Gasteiger partial charge in [-0.05, 0) is 62.8 Å². The first-order chi connectivity index (χ1) is 14.3. The zero-order valence-electron chi connectivity index (χ0n) is 16.8. The van der Waals surface area contributed by atoms with Gasteiger partial charge in [0.2, 0.25) is 0 Å². The average Bonchev–Trinajstić information content (AvgIpc) is 3.60. The van der Waals surface area contributed by atoms with E-state index in [-0.39, 0.29) is 6.79 Å². The van der Waals surface area contributed by atoms with E-state index in [9.17, 15) is 4.79 Å². The number of carbonyl (C=O) groups excluding carboxylic acids is 1. The Hall–Kier alpha value is -2.51. The Morgan fingerprint density at radius 3 is 2.93 bits per heavy atom. The predicted octanol–water partition coefficient (Wildman–Crippen LogP) is 3.37. The summed E-state index contributed by atoms with van der Waals surface area (Å²) in [7, 11) is 0. The Balaban J connectivity index is 1.74. The van der Waals surface area contributed by atoms with Gasteiger partial charge in [-0.1, -0.05) is 6.07 Å². The third-order valence-electron chi connectivity index (χ3n) is 5.45. The monoisotopic (exact) mass is 396 g/mol. The third-order valence-corrected chi connectivity index (χ3v) is 5.45. The highest BCUT2D eigenvalue weighted by Gasteiger charge is 2.30. The van der Waals surface area contributed by atoms with Gasteiger partial charge in [-0.25, -0.2) is 0 Å². The summed E-state index contributed by atoms with van der Waals surface area (Å²) >= 11 is 0. The smallest absolute Gasteiger partial charge is 0.189 e. The fourth-order valence-electron chi connectivity index (χ4n) is 3.78. The van der Waals surface area contributed by atoms with Crippen LogP contribution < -0.4 is 15.4 Å². The van der Waals surface area contributed by atoms with Crippen molar-refractivity contribution in [1.82, 2.24) is 15.5 Å². The van der Waals surface area contributed by atoms with Crippen molar-refractivity contribution in [2.24, 2.45) is 0 Å². The van der Waals surface area contributed by atoms with E-state index in [4.69, 9.17) is 9.47 Å². The van der Waals surface area contributed by atoms with Crippen molar-refractivity contribution in [2.45, 2.75) is 44.6 Å². The highest BCUT2D eigenvalue weighted by atomic mass is 16.7. The number of benzene rings is 1. The summed E-state index contributed by atoms with van der Waals surface area (Å²) in [5, 5.41) is 15.8. The van der Waals surface area contributed by atoms with Crippen LogP contribution >= 0.6 is 0 Å². The Kier molecular flexibility index (Phi) is 6.36. The van der Waals surface area contributed by atoms with Crippen LogP contribution in [0.5, 0.6) is 5.75 Å². The summed E-state index contributed by atoms with van der Waals surface area (Å²) in [6.07, 6.45) is 7.25. The molecule has 1 aliphatic carbocycles. The molecule has 0 unspecified atom stereocenters.